The van der Waals surface area contributed by atoms with Gasteiger partial charge in [0, 0.05) is 31.1 Å². The molecule has 5 heteroatoms. The van der Waals surface area contributed by atoms with Gasteiger partial charge in [-0.1, -0.05) is 18.9 Å². The lowest BCUT2D eigenvalue weighted by molar-refractivity contribution is -0.142. The molecule has 0 spiro atoms. The molecule has 1 saturated carbocycles. The highest BCUT2D eigenvalue weighted by atomic mass is 16.2. The molecule has 1 aromatic heterocycles. The molecule has 0 unspecified atom stereocenters. The number of amides is 2. The number of nitrogens with zero attached hydrogens (tertiary/aromatic N) is 2. The summed E-state index contributed by atoms with van der Waals surface area (Å²) < 4.78 is 0. The average molecular weight is 329 g/mol. The standard InChI is InChI=1S/C19H27N3O2/c1-14-7-6-10-20-17(14)13-21-18(23)15-8-2-3-9-16(15)19(24)22-11-4-5-12-22/h6-7,10,15-16H,2-5,8-9,11-13H2,1H3,(H,21,23)/t15-,16+/m0/s1. The van der Waals surface area contributed by atoms with E-state index in [2.05, 4.69) is 10.3 Å². The van der Waals surface area contributed by atoms with Gasteiger partial charge in [-0.2, -0.15) is 0 Å². The molecule has 1 saturated heterocycles. The fourth-order valence-electron chi connectivity index (χ4n) is 3.92. The maximum atomic E-state index is 12.8. The normalized spacial score (nSPS) is 24.0. The van der Waals surface area contributed by atoms with Crippen LogP contribution in [0.25, 0.3) is 0 Å². The van der Waals surface area contributed by atoms with Crippen molar-refractivity contribution in [1.82, 2.24) is 15.2 Å². The molecule has 1 aliphatic heterocycles. The second kappa shape index (κ2) is 7.77. The topological polar surface area (TPSA) is 62.3 Å². The summed E-state index contributed by atoms with van der Waals surface area (Å²) in [5.74, 6) is -0.115. The number of aryl methyl sites for hydroxylation is 1. The van der Waals surface area contributed by atoms with Gasteiger partial charge in [0.15, 0.2) is 0 Å². The minimum absolute atomic E-state index is 0.0114. The Labute approximate surface area is 143 Å². The Morgan fingerprint density at radius 1 is 1.17 bits per heavy atom. The summed E-state index contributed by atoms with van der Waals surface area (Å²) in [5, 5.41) is 3.01. The molecule has 1 N–H and O–H groups in total. The van der Waals surface area contributed by atoms with Gasteiger partial charge < -0.3 is 10.2 Å². The number of likely N-dealkylation sites (tertiary alicyclic amines) is 1. The molecule has 2 atom stereocenters. The zero-order chi connectivity index (χ0) is 16.9. The fourth-order valence-corrected chi connectivity index (χ4v) is 3.92. The number of aromatic nitrogens is 1. The van der Waals surface area contributed by atoms with E-state index >= 15 is 0 Å². The fraction of sp³-hybridized carbons (Fsp3) is 0.632. The van der Waals surface area contributed by atoms with Crippen molar-refractivity contribution in [3.8, 4) is 0 Å². The average Bonchev–Trinajstić information content (AvgIpc) is 3.15. The number of carbonyl (C=O) groups excluding carboxylic acids is 2. The molecule has 1 aliphatic carbocycles. The predicted octanol–water partition coefficient (Wildman–Crippen LogP) is 2.44. The summed E-state index contributed by atoms with van der Waals surface area (Å²) in [6.07, 6.45) is 7.67. The van der Waals surface area contributed by atoms with Crippen LogP contribution in [0.1, 0.15) is 49.8 Å². The molecule has 3 rings (SSSR count). The third-order valence-electron chi connectivity index (χ3n) is 5.39. The number of nitrogens with one attached hydrogen (secondary N) is 1. The first-order chi connectivity index (χ1) is 11.7. The van der Waals surface area contributed by atoms with E-state index in [0.717, 1.165) is 62.9 Å². The van der Waals surface area contributed by atoms with Gasteiger partial charge in [0.2, 0.25) is 11.8 Å². The molecular weight excluding hydrogens is 302 g/mol. The van der Waals surface area contributed by atoms with Crippen molar-refractivity contribution in [2.24, 2.45) is 11.8 Å². The van der Waals surface area contributed by atoms with E-state index in [1.165, 1.54) is 0 Å². The SMILES string of the molecule is Cc1cccnc1CNC(=O)[C@H]1CCCC[C@H]1C(=O)N1CCCC1. The van der Waals surface area contributed by atoms with E-state index in [1.807, 2.05) is 24.0 Å². The van der Waals surface area contributed by atoms with Gasteiger partial charge in [0.05, 0.1) is 12.2 Å². The molecule has 24 heavy (non-hydrogen) atoms. The molecule has 0 aromatic carbocycles. The smallest absolute Gasteiger partial charge is 0.226 e. The minimum Gasteiger partial charge on any atom is -0.350 e. The number of hydrogen-bond donors (Lipinski definition) is 1. The lowest BCUT2D eigenvalue weighted by Gasteiger charge is -2.32. The van der Waals surface area contributed by atoms with Gasteiger partial charge in [0.1, 0.15) is 0 Å². The lowest BCUT2D eigenvalue weighted by Crippen LogP contribution is -2.44. The molecule has 2 fully saturated rings. The van der Waals surface area contributed by atoms with E-state index in [1.54, 1.807) is 6.20 Å². The summed E-state index contributed by atoms with van der Waals surface area (Å²) in [5.41, 5.74) is 1.97. The molecule has 2 heterocycles. The first-order valence-corrected chi connectivity index (χ1v) is 9.14. The van der Waals surface area contributed by atoms with E-state index in [9.17, 15) is 9.59 Å². The van der Waals surface area contributed by atoms with Crippen molar-refractivity contribution >= 4 is 11.8 Å². The third-order valence-corrected chi connectivity index (χ3v) is 5.39. The predicted molar refractivity (Wildman–Crippen MR) is 92.1 cm³/mol. The van der Waals surface area contributed by atoms with Crippen LogP contribution < -0.4 is 5.32 Å². The molecule has 130 valence electrons. The van der Waals surface area contributed by atoms with Crippen LogP contribution in [0, 0.1) is 18.8 Å². The van der Waals surface area contributed by atoms with Crippen molar-refractivity contribution < 1.29 is 9.59 Å². The van der Waals surface area contributed by atoms with Crippen LogP contribution in [0.4, 0.5) is 0 Å². The Hall–Kier alpha value is -1.91. The molecular formula is C19H27N3O2. The molecule has 1 aromatic rings. The zero-order valence-corrected chi connectivity index (χ0v) is 14.5. The maximum Gasteiger partial charge on any atom is 0.226 e. The van der Waals surface area contributed by atoms with Gasteiger partial charge >= 0.3 is 0 Å². The first kappa shape index (κ1) is 16.9. The minimum atomic E-state index is -0.184. The molecule has 2 aliphatic rings. The number of rotatable bonds is 4. The highest BCUT2D eigenvalue weighted by molar-refractivity contribution is 5.88. The van der Waals surface area contributed by atoms with Gasteiger partial charge in [-0.3, -0.25) is 14.6 Å². The molecule has 0 radical (unpaired) electrons. The second-order valence-electron chi connectivity index (χ2n) is 7.01. The zero-order valence-electron chi connectivity index (χ0n) is 14.5. The first-order valence-electron chi connectivity index (χ1n) is 9.14. The van der Waals surface area contributed by atoms with Crippen LogP contribution in [-0.2, 0) is 16.1 Å². The highest BCUT2D eigenvalue weighted by Gasteiger charge is 2.38. The molecule has 2 amide bonds. The van der Waals surface area contributed by atoms with E-state index in [-0.39, 0.29) is 23.7 Å². The van der Waals surface area contributed by atoms with Crippen LogP contribution in [0.5, 0.6) is 0 Å². The Morgan fingerprint density at radius 3 is 2.58 bits per heavy atom. The molecule has 0 bridgehead atoms. The van der Waals surface area contributed by atoms with Crippen molar-refractivity contribution in [1.29, 1.82) is 0 Å². The number of hydrogen-bond acceptors (Lipinski definition) is 3. The van der Waals surface area contributed by atoms with Gasteiger partial charge in [-0.25, -0.2) is 0 Å². The van der Waals surface area contributed by atoms with Crippen molar-refractivity contribution in [2.45, 2.75) is 52.0 Å². The summed E-state index contributed by atoms with van der Waals surface area (Å²) in [6.45, 7) is 4.15. The Balaban J connectivity index is 1.62. The number of carbonyl (C=O) groups is 2. The summed E-state index contributed by atoms with van der Waals surface area (Å²) in [6, 6.07) is 3.89. The second-order valence-corrected chi connectivity index (χ2v) is 7.01. The van der Waals surface area contributed by atoms with Gasteiger partial charge in [-0.05, 0) is 44.2 Å². The lowest BCUT2D eigenvalue weighted by atomic mass is 9.78. The summed E-state index contributed by atoms with van der Waals surface area (Å²) >= 11 is 0. The van der Waals surface area contributed by atoms with Crippen LogP contribution in [0.2, 0.25) is 0 Å². The Bertz CT molecular complexity index is 596. The monoisotopic (exact) mass is 329 g/mol. The van der Waals surface area contributed by atoms with Crippen LogP contribution in [-0.4, -0.2) is 34.8 Å². The quantitative estimate of drug-likeness (QED) is 0.923. The van der Waals surface area contributed by atoms with E-state index in [4.69, 9.17) is 0 Å². The Kier molecular flexibility index (Phi) is 5.48. The highest BCUT2D eigenvalue weighted by Crippen LogP contribution is 2.32. The van der Waals surface area contributed by atoms with Crippen molar-refractivity contribution in [3.63, 3.8) is 0 Å². The van der Waals surface area contributed by atoms with Gasteiger partial charge in [0.25, 0.3) is 0 Å². The summed E-state index contributed by atoms with van der Waals surface area (Å²) in [4.78, 5) is 31.8. The van der Waals surface area contributed by atoms with Gasteiger partial charge in [-0.15, -0.1) is 0 Å². The summed E-state index contributed by atoms with van der Waals surface area (Å²) in [7, 11) is 0. The van der Waals surface area contributed by atoms with E-state index in [0.29, 0.717) is 6.54 Å². The maximum absolute atomic E-state index is 12.8. The van der Waals surface area contributed by atoms with Crippen molar-refractivity contribution in [2.75, 3.05) is 13.1 Å². The van der Waals surface area contributed by atoms with Crippen molar-refractivity contribution in [3.05, 3.63) is 29.6 Å². The largest absolute Gasteiger partial charge is 0.350 e. The Morgan fingerprint density at radius 2 is 1.88 bits per heavy atom. The third kappa shape index (κ3) is 3.77. The van der Waals surface area contributed by atoms with Crippen LogP contribution in [0.3, 0.4) is 0 Å². The number of pyridine rings is 1. The van der Waals surface area contributed by atoms with Crippen LogP contribution >= 0.6 is 0 Å². The van der Waals surface area contributed by atoms with E-state index < -0.39 is 0 Å². The van der Waals surface area contributed by atoms with Crippen LogP contribution in [0.15, 0.2) is 18.3 Å². The molecule has 5 nitrogen and oxygen atoms in total.